The summed E-state index contributed by atoms with van der Waals surface area (Å²) in [6.45, 7) is 2.84. The predicted octanol–water partition coefficient (Wildman–Crippen LogP) is 5.29. The molecule has 0 saturated carbocycles. The van der Waals surface area contributed by atoms with Gasteiger partial charge in [0.25, 0.3) is 0 Å². The lowest BCUT2D eigenvalue weighted by Crippen LogP contribution is -2.01. The molecule has 0 aliphatic heterocycles. The fourth-order valence-corrected chi connectivity index (χ4v) is 4.06. The van der Waals surface area contributed by atoms with Gasteiger partial charge in [-0.1, -0.05) is 36.4 Å². The fourth-order valence-electron chi connectivity index (χ4n) is 2.89. The predicted molar refractivity (Wildman–Crippen MR) is 108 cm³/mol. The average Bonchev–Trinajstić information content (AvgIpc) is 3.11. The summed E-state index contributed by atoms with van der Waals surface area (Å²) in [6, 6.07) is 18.6. The second-order valence-corrected chi connectivity index (χ2v) is 7.12. The maximum atomic E-state index is 5.20. The summed E-state index contributed by atoms with van der Waals surface area (Å²) in [5, 5.41) is 3.44. The lowest BCUT2D eigenvalue weighted by Gasteiger charge is -2.07. The van der Waals surface area contributed by atoms with E-state index in [0.717, 1.165) is 21.8 Å². The van der Waals surface area contributed by atoms with Crippen LogP contribution in [-0.2, 0) is 6.54 Å². The van der Waals surface area contributed by atoms with Crippen molar-refractivity contribution in [2.24, 2.45) is 0 Å². The van der Waals surface area contributed by atoms with E-state index in [1.54, 1.807) is 24.8 Å². The van der Waals surface area contributed by atoms with Crippen molar-refractivity contribution in [1.29, 1.82) is 0 Å². The zero-order chi connectivity index (χ0) is 17.9. The van der Waals surface area contributed by atoms with E-state index in [1.807, 2.05) is 12.1 Å². The van der Waals surface area contributed by atoms with Crippen molar-refractivity contribution >= 4 is 27.4 Å². The van der Waals surface area contributed by atoms with Crippen LogP contribution in [0.5, 0.6) is 5.75 Å². The van der Waals surface area contributed by atoms with Gasteiger partial charge in [-0.2, -0.15) is 0 Å². The summed E-state index contributed by atoms with van der Waals surface area (Å²) >= 11 is 1.72. The number of methoxy groups -OCH3 is 1. The molecular formula is C21H19N3OS. The lowest BCUT2D eigenvalue weighted by molar-refractivity contribution is 0.414. The van der Waals surface area contributed by atoms with Crippen LogP contribution in [0.2, 0.25) is 0 Å². The molecule has 5 heteroatoms. The molecule has 0 amide bonds. The fraction of sp³-hybridized carbons (Fsp3) is 0.143. The molecule has 4 rings (SSSR count). The Labute approximate surface area is 156 Å². The Morgan fingerprint density at radius 1 is 1.04 bits per heavy atom. The van der Waals surface area contributed by atoms with Gasteiger partial charge in [-0.3, -0.25) is 0 Å². The molecule has 0 aliphatic carbocycles. The zero-order valence-electron chi connectivity index (χ0n) is 14.7. The van der Waals surface area contributed by atoms with E-state index in [0.29, 0.717) is 6.54 Å². The van der Waals surface area contributed by atoms with Gasteiger partial charge in [0.15, 0.2) is 0 Å². The van der Waals surface area contributed by atoms with Gasteiger partial charge < -0.3 is 10.1 Å². The molecule has 0 aliphatic rings. The molecule has 0 atom stereocenters. The van der Waals surface area contributed by atoms with E-state index in [4.69, 9.17) is 4.74 Å². The highest BCUT2D eigenvalue weighted by Crippen LogP contribution is 2.36. The van der Waals surface area contributed by atoms with E-state index in [-0.39, 0.29) is 0 Å². The van der Waals surface area contributed by atoms with Crippen LogP contribution in [0.15, 0.2) is 60.9 Å². The van der Waals surface area contributed by atoms with Crippen LogP contribution in [0.1, 0.15) is 11.1 Å². The summed E-state index contributed by atoms with van der Waals surface area (Å²) in [5.74, 6) is 1.73. The molecule has 2 aromatic carbocycles. The SMILES string of the molecule is COc1ccc(CNc2ncnc3cc(-c4ccccc4C)sc23)cc1. The standard InChI is InChI=1S/C21H19N3OS/c1-14-5-3-4-6-17(14)19-11-18-20(26-19)21(24-13-23-18)22-12-15-7-9-16(25-2)10-8-15/h3-11,13H,12H2,1-2H3,(H,22,23,24). The van der Waals surface area contributed by atoms with E-state index >= 15 is 0 Å². The third-order valence-corrected chi connectivity index (χ3v) is 5.51. The molecule has 4 nitrogen and oxygen atoms in total. The number of rotatable bonds is 5. The van der Waals surface area contributed by atoms with Gasteiger partial charge in [0.05, 0.1) is 17.3 Å². The first-order chi connectivity index (χ1) is 12.7. The van der Waals surface area contributed by atoms with Gasteiger partial charge in [-0.25, -0.2) is 9.97 Å². The normalized spacial score (nSPS) is 10.8. The molecule has 1 N–H and O–H groups in total. The molecule has 0 bridgehead atoms. The molecule has 0 unspecified atom stereocenters. The van der Waals surface area contributed by atoms with Crippen LogP contribution in [0.4, 0.5) is 5.82 Å². The van der Waals surface area contributed by atoms with E-state index in [1.165, 1.54) is 21.6 Å². The Hall–Kier alpha value is -2.92. The lowest BCUT2D eigenvalue weighted by atomic mass is 10.1. The van der Waals surface area contributed by atoms with Crippen LogP contribution in [0, 0.1) is 6.92 Å². The number of hydrogen-bond acceptors (Lipinski definition) is 5. The van der Waals surface area contributed by atoms with E-state index in [9.17, 15) is 0 Å². The van der Waals surface area contributed by atoms with Crippen molar-refractivity contribution in [2.75, 3.05) is 12.4 Å². The minimum atomic E-state index is 0.702. The molecule has 2 heterocycles. The first-order valence-electron chi connectivity index (χ1n) is 8.42. The highest BCUT2D eigenvalue weighted by molar-refractivity contribution is 7.22. The van der Waals surface area contributed by atoms with Crippen molar-refractivity contribution in [2.45, 2.75) is 13.5 Å². The van der Waals surface area contributed by atoms with Gasteiger partial charge in [0.2, 0.25) is 0 Å². The number of aromatic nitrogens is 2. The summed E-state index contributed by atoms with van der Waals surface area (Å²) in [5.41, 5.74) is 4.66. The number of nitrogens with zero attached hydrogens (tertiary/aromatic N) is 2. The van der Waals surface area contributed by atoms with Crippen LogP contribution >= 0.6 is 11.3 Å². The van der Waals surface area contributed by atoms with Crippen LogP contribution in [0.25, 0.3) is 20.7 Å². The summed E-state index contributed by atoms with van der Waals surface area (Å²) < 4.78 is 6.29. The number of fused-ring (bicyclic) bond motifs is 1. The van der Waals surface area contributed by atoms with Crippen LogP contribution in [0.3, 0.4) is 0 Å². The third kappa shape index (κ3) is 3.26. The number of nitrogens with one attached hydrogen (secondary N) is 1. The Morgan fingerprint density at radius 2 is 1.85 bits per heavy atom. The molecule has 0 saturated heterocycles. The van der Waals surface area contributed by atoms with Gasteiger partial charge >= 0.3 is 0 Å². The van der Waals surface area contributed by atoms with Gasteiger partial charge in [-0.05, 0) is 41.8 Å². The second-order valence-electron chi connectivity index (χ2n) is 6.06. The Balaban J connectivity index is 1.62. The maximum Gasteiger partial charge on any atom is 0.147 e. The monoisotopic (exact) mass is 361 g/mol. The van der Waals surface area contributed by atoms with Crippen LogP contribution in [-0.4, -0.2) is 17.1 Å². The number of thiophene rings is 1. The molecule has 0 radical (unpaired) electrons. The van der Waals surface area contributed by atoms with Crippen molar-refractivity contribution in [3.63, 3.8) is 0 Å². The van der Waals surface area contributed by atoms with Crippen molar-refractivity contribution < 1.29 is 4.74 Å². The highest BCUT2D eigenvalue weighted by Gasteiger charge is 2.11. The number of anilines is 1. The average molecular weight is 361 g/mol. The summed E-state index contributed by atoms with van der Waals surface area (Å²) in [4.78, 5) is 10.1. The molecule has 0 fully saturated rings. The van der Waals surface area contributed by atoms with Crippen LogP contribution < -0.4 is 10.1 Å². The van der Waals surface area contributed by atoms with E-state index in [2.05, 4.69) is 64.7 Å². The van der Waals surface area contributed by atoms with Gasteiger partial charge in [0, 0.05) is 11.4 Å². The minimum absolute atomic E-state index is 0.702. The van der Waals surface area contributed by atoms with Crippen molar-refractivity contribution in [1.82, 2.24) is 9.97 Å². The molecular weight excluding hydrogens is 342 g/mol. The van der Waals surface area contributed by atoms with Gasteiger partial charge in [-0.15, -0.1) is 11.3 Å². The molecule has 4 aromatic rings. The number of aryl methyl sites for hydroxylation is 1. The number of ether oxygens (including phenoxy) is 1. The minimum Gasteiger partial charge on any atom is -0.497 e. The second kappa shape index (κ2) is 7.14. The maximum absolute atomic E-state index is 5.20. The Morgan fingerprint density at radius 3 is 2.62 bits per heavy atom. The summed E-state index contributed by atoms with van der Waals surface area (Å²) in [7, 11) is 1.67. The molecule has 26 heavy (non-hydrogen) atoms. The number of benzene rings is 2. The molecule has 130 valence electrons. The Bertz CT molecular complexity index is 1040. The summed E-state index contributed by atoms with van der Waals surface area (Å²) in [6.07, 6.45) is 1.62. The van der Waals surface area contributed by atoms with Crippen molar-refractivity contribution in [3.05, 3.63) is 72.1 Å². The smallest absolute Gasteiger partial charge is 0.147 e. The Kier molecular flexibility index (Phi) is 4.54. The molecule has 0 spiro atoms. The first kappa shape index (κ1) is 16.5. The largest absolute Gasteiger partial charge is 0.497 e. The van der Waals surface area contributed by atoms with Crippen molar-refractivity contribution in [3.8, 4) is 16.2 Å². The first-order valence-corrected chi connectivity index (χ1v) is 9.23. The zero-order valence-corrected chi connectivity index (χ0v) is 15.5. The van der Waals surface area contributed by atoms with Gasteiger partial charge in [0.1, 0.15) is 17.9 Å². The topological polar surface area (TPSA) is 47.0 Å². The quantitative estimate of drug-likeness (QED) is 0.525. The molecule has 2 aromatic heterocycles. The number of hydrogen-bond donors (Lipinski definition) is 1. The highest BCUT2D eigenvalue weighted by atomic mass is 32.1. The van der Waals surface area contributed by atoms with E-state index < -0.39 is 0 Å². The third-order valence-electron chi connectivity index (χ3n) is 4.34.